The average molecular weight is 655 g/mol. The van der Waals surface area contributed by atoms with Crippen LogP contribution in [0.2, 0.25) is 0 Å². The molecule has 10 heteroatoms. The third kappa shape index (κ3) is 13.0. The van der Waals surface area contributed by atoms with Gasteiger partial charge in [-0.25, -0.2) is 4.98 Å². The van der Waals surface area contributed by atoms with Crippen molar-refractivity contribution >= 4 is 23.5 Å². The molecule has 4 rings (SSSR count). The van der Waals surface area contributed by atoms with Crippen molar-refractivity contribution in [2.45, 2.75) is 78.2 Å². The van der Waals surface area contributed by atoms with E-state index in [1.807, 2.05) is 17.5 Å². The van der Waals surface area contributed by atoms with Gasteiger partial charge >= 0.3 is 0 Å². The van der Waals surface area contributed by atoms with Crippen LogP contribution in [0.1, 0.15) is 60.5 Å². The van der Waals surface area contributed by atoms with Gasteiger partial charge in [-0.2, -0.15) is 0 Å². The zero-order chi connectivity index (χ0) is 34.1. The number of carbonyl (C=O) groups is 2. The first-order valence-corrected chi connectivity index (χ1v) is 17.0. The Bertz CT molecular complexity index is 1270. The molecule has 2 aliphatic rings. The fourth-order valence-electron chi connectivity index (χ4n) is 5.29. The van der Waals surface area contributed by atoms with Crippen molar-refractivity contribution < 1.29 is 24.5 Å². The molecule has 9 nitrogen and oxygen atoms in total. The Balaban J connectivity index is 0.000000277. The number of hydrogen-bond acceptors (Lipinski definition) is 9. The third-order valence-electron chi connectivity index (χ3n) is 8.35. The van der Waals surface area contributed by atoms with Gasteiger partial charge in [0, 0.05) is 37.5 Å². The number of aldehydes is 1. The summed E-state index contributed by atoms with van der Waals surface area (Å²) in [5.41, 5.74) is 7.28. The van der Waals surface area contributed by atoms with E-state index in [1.165, 1.54) is 65.0 Å². The minimum Gasteiger partial charge on any atom is -0.382 e. The highest BCUT2D eigenvalue weighted by Crippen LogP contribution is 2.21. The summed E-state index contributed by atoms with van der Waals surface area (Å²) in [6, 6.07) is 6.72. The normalized spacial score (nSPS) is 18.3. The molecular formula is C36H54N4O5S. The lowest BCUT2D eigenvalue weighted by molar-refractivity contribution is -0.139. The monoisotopic (exact) mass is 654 g/mol. The van der Waals surface area contributed by atoms with Crippen LogP contribution in [-0.4, -0.2) is 102 Å². The van der Waals surface area contributed by atoms with Gasteiger partial charge in [-0.15, -0.1) is 11.3 Å². The standard InChI is InChI=1S/C17H20N2O4S.C10H19NO.C9H15N/c1-10-4-3-5-11(2)13(10)6-12-9-24-15(19-12)7-18-17(23)16(22)14(21)8-20;1-3-10(4-2)9-11-5-7-12-8-6-11;1-4-8(2)9-6-5-7-10(9)3/h3-5,8-9,14,16,21-22H,6-7H2,1-2H3,(H,18,23);3H,4-9H2,1-2H3;4,9H,1-2,5-7H2,3H3/b;10-3+;. The van der Waals surface area contributed by atoms with Gasteiger partial charge in [-0.05, 0) is 75.9 Å². The molecule has 2 saturated heterocycles. The van der Waals surface area contributed by atoms with E-state index in [-0.39, 0.29) is 12.8 Å². The maximum atomic E-state index is 11.6. The Labute approximate surface area is 279 Å². The molecule has 0 radical (unpaired) electrons. The first-order valence-electron chi connectivity index (χ1n) is 16.1. The second kappa shape index (κ2) is 21.0. The van der Waals surface area contributed by atoms with E-state index >= 15 is 0 Å². The Morgan fingerprint density at radius 3 is 2.43 bits per heavy atom. The molecule has 2 aliphatic heterocycles. The molecule has 0 bridgehead atoms. The van der Waals surface area contributed by atoms with Crippen LogP contribution < -0.4 is 5.32 Å². The number of ether oxygens (including phenoxy) is 1. The first kappa shape index (κ1) is 39.2. The van der Waals surface area contributed by atoms with Gasteiger partial charge in [-0.1, -0.05) is 56.0 Å². The van der Waals surface area contributed by atoms with Gasteiger partial charge in [0.15, 0.2) is 12.4 Å². The maximum Gasteiger partial charge on any atom is 0.252 e. The number of aliphatic hydroxyl groups excluding tert-OH is 2. The van der Waals surface area contributed by atoms with E-state index in [4.69, 9.17) is 9.84 Å². The number of likely N-dealkylation sites (N-methyl/N-ethyl adjacent to an activating group) is 1. The molecule has 46 heavy (non-hydrogen) atoms. The topological polar surface area (TPSA) is 115 Å². The zero-order valence-electron chi connectivity index (χ0n) is 28.3. The van der Waals surface area contributed by atoms with Crippen LogP contribution in [0, 0.1) is 13.8 Å². The number of benzene rings is 1. The fourth-order valence-corrected chi connectivity index (χ4v) is 6.02. The van der Waals surface area contributed by atoms with E-state index in [9.17, 15) is 14.7 Å². The Morgan fingerprint density at radius 2 is 1.89 bits per heavy atom. The number of aromatic nitrogens is 1. The lowest BCUT2D eigenvalue weighted by Gasteiger charge is -2.27. The molecule has 3 heterocycles. The van der Waals surface area contributed by atoms with E-state index in [0.717, 1.165) is 45.0 Å². The van der Waals surface area contributed by atoms with Crippen molar-refractivity contribution in [3.63, 3.8) is 0 Å². The van der Waals surface area contributed by atoms with Crippen molar-refractivity contribution in [1.29, 1.82) is 0 Å². The third-order valence-corrected chi connectivity index (χ3v) is 9.25. The number of likely N-dealkylation sites (tertiary alicyclic amines) is 1. The van der Waals surface area contributed by atoms with Crippen molar-refractivity contribution in [2.24, 2.45) is 0 Å². The maximum absolute atomic E-state index is 11.6. The highest BCUT2D eigenvalue weighted by atomic mass is 32.1. The lowest BCUT2D eigenvalue weighted by Crippen LogP contribution is -2.42. The molecule has 3 unspecified atom stereocenters. The number of amides is 1. The SMILES string of the molecule is C/C=C(\CC)CN1CCOCC1.C=CC(=C)C1CCCN1C.Cc1cccc(C)c1Cc1csc(CNC(=O)C(O)C(O)C=O)n1. The molecule has 0 saturated carbocycles. The summed E-state index contributed by atoms with van der Waals surface area (Å²) in [4.78, 5) is 31.2. The first-order chi connectivity index (χ1) is 22.0. The largest absolute Gasteiger partial charge is 0.382 e. The number of carbonyl (C=O) groups excluding carboxylic acids is 2. The van der Waals surface area contributed by atoms with E-state index in [0.29, 0.717) is 11.0 Å². The number of thiazole rings is 1. The van der Waals surface area contributed by atoms with Crippen LogP contribution >= 0.6 is 11.3 Å². The molecule has 1 aromatic carbocycles. The molecule has 1 amide bonds. The molecule has 2 aromatic rings. The Morgan fingerprint density at radius 1 is 1.22 bits per heavy atom. The second-order valence-corrected chi connectivity index (χ2v) is 12.6. The van der Waals surface area contributed by atoms with Gasteiger partial charge in [0.25, 0.3) is 5.91 Å². The van der Waals surface area contributed by atoms with Crippen LogP contribution in [0.3, 0.4) is 0 Å². The number of rotatable bonds is 12. The minimum absolute atomic E-state index is 0.121. The van der Waals surface area contributed by atoms with Gasteiger partial charge in [0.1, 0.15) is 11.1 Å². The molecule has 0 spiro atoms. The summed E-state index contributed by atoms with van der Waals surface area (Å²) < 4.78 is 5.29. The number of aryl methyl sites for hydroxylation is 2. The number of allylic oxidation sites excluding steroid dienone is 1. The van der Waals surface area contributed by atoms with Crippen LogP contribution in [0.25, 0.3) is 0 Å². The van der Waals surface area contributed by atoms with Crippen LogP contribution in [0.15, 0.2) is 60.0 Å². The predicted molar refractivity (Wildman–Crippen MR) is 187 cm³/mol. The van der Waals surface area contributed by atoms with Gasteiger partial charge in [-0.3, -0.25) is 14.6 Å². The number of nitrogens with one attached hydrogen (secondary N) is 1. The minimum atomic E-state index is -1.77. The predicted octanol–water partition coefficient (Wildman–Crippen LogP) is 4.39. The van der Waals surface area contributed by atoms with E-state index in [2.05, 4.69) is 86.2 Å². The second-order valence-electron chi connectivity index (χ2n) is 11.7. The summed E-state index contributed by atoms with van der Waals surface area (Å²) >= 11 is 1.41. The van der Waals surface area contributed by atoms with E-state index in [1.54, 1.807) is 0 Å². The number of nitrogens with zero attached hydrogens (tertiary/aromatic N) is 3. The molecule has 3 N–H and O–H groups in total. The highest BCUT2D eigenvalue weighted by Gasteiger charge is 2.23. The summed E-state index contributed by atoms with van der Waals surface area (Å²) in [6.07, 6.45) is 5.18. The summed E-state index contributed by atoms with van der Waals surface area (Å²) in [7, 11) is 2.15. The number of morpholine rings is 1. The summed E-state index contributed by atoms with van der Waals surface area (Å²) in [5.74, 6) is -0.805. The van der Waals surface area contributed by atoms with Crippen LogP contribution in [0.5, 0.6) is 0 Å². The molecule has 0 aliphatic carbocycles. The molecular weight excluding hydrogens is 600 g/mol. The summed E-state index contributed by atoms with van der Waals surface area (Å²) in [5, 5.41) is 23.6. The zero-order valence-corrected chi connectivity index (χ0v) is 29.2. The van der Waals surface area contributed by atoms with E-state index < -0.39 is 18.1 Å². The number of aliphatic hydroxyl groups is 2. The fraction of sp³-hybridized carbons (Fsp3) is 0.528. The van der Waals surface area contributed by atoms with Gasteiger partial charge < -0.3 is 25.1 Å². The quantitative estimate of drug-likeness (QED) is 0.176. The van der Waals surface area contributed by atoms with Crippen molar-refractivity contribution in [2.75, 3.05) is 46.4 Å². The lowest BCUT2D eigenvalue weighted by atomic mass is 9.99. The molecule has 3 atom stereocenters. The van der Waals surface area contributed by atoms with Crippen molar-refractivity contribution in [3.05, 3.63) is 87.4 Å². The smallest absolute Gasteiger partial charge is 0.252 e. The van der Waals surface area contributed by atoms with Crippen molar-refractivity contribution in [1.82, 2.24) is 20.1 Å². The Hall–Kier alpha value is -2.99. The van der Waals surface area contributed by atoms with Crippen LogP contribution in [-0.2, 0) is 27.3 Å². The molecule has 2 fully saturated rings. The highest BCUT2D eigenvalue weighted by molar-refractivity contribution is 7.09. The Kier molecular flexibility index (Phi) is 17.9. The summed E-state index contributed by atoms with van der Waals surface area (Å²) in [6.45, 7) is 22.6. The number of hydrogen-bond donors (Lipinski definition) is 3. The van der Waals surface area contributed by atoms with Crippen LogP contribution in [0.4, 0.5) is 0 Å². The molecule has 254 valence electrons. The average Bonchev–Trinajstić information content (AvgIpc) is 3.72. The van der Waals surface area contributed by atoms with Gasteiger partial charge in [0.2, 0.25) is 0 Å². The van der Waals surface area contributed by atoms with Gasteiger partial charge in [0.05, 0.1) is 25.5 Å². The molecule has 1 aromatic heterocycles. The van der Waals surface area contributed by atoms with Crippen molar-refractivity contribution in [3.8, 4) is 0 Å².